The van der Waals surface area contributed by atoms with Crippen LogP contribution in [-0.4, -0.2) is 22.2 Å². The summed E-state index contributed by atoms with van der Waals surface area (Å²) < 4.78 is 7.64. The zero-order valence-electron chi connectivity index (χ0n) is 14.9. The average Bonchev–Trinajstić information content (AvgIpc) is 2.68. The van der Waals surface area contributed by atoms with E-state index in [-0.39, 0.29) is 11.0 Å². The van der Waals surface area contributed by atoms with E-state index in [2.05, 4.69) is 5.92 Å². The van der Waals surface area contributed by atoms with E-state index in [0.29, 0.717) is 36.2 Å². The molecule has 0 aliphatic heterocycles. The normalized spacial score (nSPS) is 10.5. The van der Waals surface area contributed by atoms with Crippen LogP contribution in [0.5, 0.6) is 5.75 Å². The van der Waals surface area contributed by atoms with E-state index in [1.807, 2.05) is 35.8 Å². The third kappa shape index (κ3) is 3.70. The van der Waals surface area contributed by atoms with E-state index in [1.54, 1.807) is 6.07 Å². The van der Waals surface area contributed by atoms with Crippen molar-refractivity contribution in [3.63, 3.8) is 0 Å². The number of carboxylic acid groups (broad SMARTS) is 1. The lowest BCUT2D eigenvalue weighted by Gasteiger charge is -2.16. The van der Waals surface area contributed by atoms with Gasteiger partial charge in [-0.25, -0.2) is 4.79 Å². The Labute approximate surface area is 156 Å². The van der Waals surface area contributed by atoms with Gasteiger partial charge in [-0.05, 0) is 37.3 Å². The number of carboxylic acids is 1. The highest BCUT2D eigenvalue weighted by molar-refractivity contribution is 5.94. The van der Waals surface area contributed by atoms with Crippen molar-refractivity contribution in [1.29, 1.82) is 0 Å². The van der Waals surface area contributed by atoms with Crippen LogP contribution in [0, 0.1) is 12.3 Å². The highest BCUT2D eigenvalue weighted by atomic mass is 16.5. The quantitative estimate of drug-likeness (QED) is 0.536. The molecule has 5 nitrogen and oxygen atoms in total. The maximum atomic E-state index is 12.7. The lowest BCUT2D eigenvalue weighted by molar-refractivity contribution is 0.0697. The van der Waals surface area contributed by atoms with Crippen LogP contribution in [0.1, 0.15) is 23.7 Å². The molecule has 0 aliphatic carbocycles. The van der Waals surface area contributed by atoms with Gasteiger partial charge in [-0.1, -0.05) is 12.1 Å². The minimum Gasteiger partial charge on any atom is -0.493 e. The van der Waals surface area contributed by atoms with Gasteiger partial charge < -0.3 is 14.4 Å². The SMILES string of the molecule is C#CCCOc1cccc(-c2cc(=O)c3cc(C(=O)O)ccc3n2CC)c1. The number of rotatable bonds is 6. The van der Waals surface area contributed by atoms with Gasteiger partial charge in [0.05, 0.1) is 23.4 Å². The van der Waals surface area contributed by atoms with Crippen LogP contribution in [0.4, 0.5) is 0 Å². The molecule has 0 amide bonds. The van der Waals surface area contributed by atoms with Crippen molar-refractivity contribution in [2.24, 2.45) is 0 Å². The Morgan fingerprint density at radius 3 is 2.74 bits per heavy atom. The fraction of sp³-hybridized carbons (Fsp3) is 0.182. The van der Waals surface area contributed by atoms with Gasteiger partial charge in [-0.3, -0.25) is 4.79 Å². The first kappa shape index (κ1) is 18.3. The predicted molar refractivity (Wildman–Crippen MR) is 105 cm³/mol. The highest BCUT2D eigenvalue weighted by Crippen LogP contribution is 2.26. The molecule has 0 bridgehead atoms. The fourth-order valence-corrected chi connectivity index (χ4v) is 3.06. The van der Waals surface area contributed by atoms with Gasteiger partial charge in [0.25, 0.3) is 0 Å². The zero-order valence-corrected chi connectivity index (χ0v) is 14.9. The smallest absolute Gasteiger partial charge is 0.335 e. The van der Waals surface area contributed by atoms with Crippen molar-refractivity contribution in [3.8, 4) is 29.4 Å². The lowest BCUT2D eigenvalue weighted by Crippen LogP contribution is -2.12. The van der Waals surface area contributed by atoms with E-state index in [9.17, 15) is 14.7 Å². The highest BCUT2D eigenvalue weighted by Gasteiger charge is 2.13. The standard InChI is InChI=1S/C22H19NO4/c1-3-5-11-27-17-8-6-7-15(12-17)20-14-21(24)18-13-16(22(25)26)9-10-19(18)23(20)4-2/h1,6-10,12-14H,4-5,11H2,2H3,(H,25,26). The van der Waals surface area contributed by atoms with E-state index in [1.165, 1.54) is 18.2 Å². The number of carbonyl (C=O) groups is 1. The summed E-state index contributed by atoms with van der Waals surface area (Å²) in [6, 6.07) is 13.6. The monoisotopic (exact) mass is 361 g/mol. The molecule has 3 rings (SSSR count). The number of fused-ring (bicyclic) bond motifs is 1. The van der Waals surface area contributed by atoms with E-state index in [0.717, 1.165) is 11.3 Å². The van der Waals surface area contributed by atoms with Gasteiger partial charge in [0.15, 0.2) is 5.43 Å². The third-order valence-electron chi connectivity index (χ3n) is 4.32. The summed E-state index contributed by atoms with van der Waals surface area (Å²) in [6.45, 7) is 3.03. The van der Waals surface area contributed by atoms with E-state index in [4.69, 9.17) is 11.2 Å². The average molecular weight is 361 g/mol. The largest absolute Gasteiger partial charge is 0.493 e. The van der Waals surface area contributed by atoms with Gasteiger partial charge in [0.1, 0.15) is 5.75 Å². The fourth-order valence-electron chi connectivity index (χ4n) is 3.06. The number of benzene rings is 2. The second kappa shape index (κ2) is 7.79. The van der Waals surface area contributed by atoms with Crippen molar-refractivity contribution >= 4 is 16.9 Å². The van der Waals surface area contributed by atoms with Gasteiger partial charge >= 0.3 is 5.97 Å². The number of hydrogen-bond acceptors (Lipinski definition) is 3. The van der Waals surface area contributed by atoms with Gasteiger partial charge in [0.2, 0.25) is 0 Å². The minimum atomic E-state index is -1.06. The molecule has 3 aromatic rings. The molecule has 0 aliphatic rings. The third-order valence-corrected chi connectivity index (χ3v) is 4.32. The predicted octanol–water partition coefficient (Wildman–Crippen LogP) is 3.79. The molecule has 0 saturated heterocycles. The molecule has 136 valence electrons. The van der Waals surface area contributed by atoms with E-state index >= 15 is 0 Å². The molecule has 27 heavy (non-hydrogen) atoms. The summed E-state index contributed by atoms with van der Waals surface area (Å²) in [5.74, 6) is 2.15. The van der Waals surface area contributed by atoms with Crippen molar-refractivity contribution in [2.45, 2.75) is 19.9 Å². The Balaban J connectivity index is 2.14. The van der Waals surface area contributed by atoms with Crippen LogP contribution in [-0.2, 0) is 6.54 Å². The molecule has 0 saturated carbocycles. The molecule has 0 fully saturated rings. The first-order chi connectivity index (χ1) is 13.0. The Bertz CT molecular complexity index is 1110. The number of ether oxygens (including phenoxy) is 1. The first-order valence-corrected chi connectivity index (χ1v) is 8.62. The van der Waals surface area contributed by atoms with Crippen LogP contribution in [0.15, 0.2) is 53.3 Å². The number of aromatic nitrogens is 1. The number of aryl methyl sites for hydroxylation is 1. The molecule has 0 atom stereocenters. The van der Waals surface area contributed by atoms with Crippen LogP contribution >= 0.6 is 0 Å². The molecular formula is C22H19NO4. The number of hydrogen-bond donors (Lipinski definition) is 1. The second-order valence-electron chi connectivity index (χ2n) is 6.01. The number of pyridine rings is 1. The molecule has 0 spiro atoms. The molecule has 1 aromatic heterocycles. The van der Waals surface area contributed by atoms with Crippen molar-refractivity contribution in [1.82, 2.24) is 4.57 Å². The Kier molecular flexibility index (Phi) is 5.28. The summed E-state index contributed by atoms with van der Waals surface area (Å²) in [5, 5.41) is 9.57. The van der Waals surface area contributed by atoms with Gasteiger partial charge in [-0.2, -0.15) is 0 Å². The van der Waals surface area contributed by atoms with Gasteiger partial charge in [-0.15, -0.1) is 12.3 Å². The summed E-state index contributed by atoms with van der Waals surface area (Å²) in [4.78, 5) is 23.9. The molecule has 0 unspecified atom stereocenters. The number of nitrogens with zero attached hydrogens (tertiary/aromatic N) is 1. The van der Waals surface area contributed by atoms with Crippen molar-refractivity contribution < 1.29 is 14.6 Å². The van der Waals surface area contributed by atoms with Crippen LogP contribution in [0.3, 0.4) is 0 Å². The minimum absolute atomic E-state index is 0.0962. The Morgan fingerprint density at radius 2 is 2.04 bits per heavy atom. The van der Waals surface area contributed by atoms with Gasteiger partial charge in [0, 0.05) is 30.0 Å². The van der Waals surface area contributed by atoms with Crippen LogP contribution < -0.4 is 10.2 Å². The molecule has 2 aromatic carbocycles. The summed E-state index contributed by atoms with van der Waals surface area (Å²) in [7, 11) is 0. The van der Waals surface area contributed by atoms with E-state index < -0.39 is 5.97 Å². The molecule has 1 heterocycles. The lowest BCUT2D eigenvalue weighted by atomic mass is 10.1. The molecule has 5 heteroatoms. The second-order valence-corrected chi connectivity index (χ2v) is 6.01. The maximum absolute atomic E-state index is 12.7. The maximum Gasteiger partial charge on any atom is 0.335 e. The summed E-state index contributed by atoms with van der Waals surface area (Å²) in [5.41, 5.74) is 2.17. The number of terminal acetylenes is 1. The summed E-state index contributed by atoms with van der Waals surface area (Å²) in [6.07, 6.45) is 5.77. The Hall–Kier alpha value is -3.52. The summed E-state index contributed by atoms with van der Waals surface area (Å²) >= 11 is 0. The van der Waals surface area contributed by atoms with Crippen molar-refractivity contribution in [2.75, 3.05) is 6.61 Å². The molecule has 0 radical (unpaired) electrons. The topological polar surface area (TPSA) is 68.5 Å². The Morgan fingerprint density at radius 1 is 1.22 bits per heavy atom. The van der Waals surface area contributed by atoms with Crippen LogP contribution in [0.25, 0.3) is 22.2 Å². The first-order valence-electron chi connectivity index (χ1n) is 8.62. The zero-order chi connectivity index (χ0) is 19.4. The van der Waals surface area contributed by atoms with Crippen molar-refractivity contribution in [3.05, 3.63) is 64.3 Å². The molecular weight excluding hydrogens is 342 g/mol. The van der Waals surface area contributed by atoms with Crippen LogP contribution in [0.2, 0.25) is 0 Å². The molecule has 1 N–H and O–H groups in total. The number of aromatic carboxylic acids is 1.